The van der Waals surface area contributed by atoms with E-state index < -0.39 is 0 Å². The van der Waals surface area contributed by atoms with E-state index in [-0.39, 0.29) is 11.5 Å². The summed E-state index contributed by atoms with van der Waals surface area (Å²) in [4.78, 5) is 2.15. The van der Waals surface area contributed by atoms with Gasteiger partial charge in [-0.1, -0.05) is 30.3 Å². The van der Waals surface area contributed by atoms with Crippen LogP contribution in [0.5, 0.6) is 0 Å². The van der Waals surface area contributed by atoms with Crippen LogP contribution in [0.25, 0.3) is 0 Å². The van der Waals surface area contributed by atoms with Crippen molar-refractivity contribution in [3.05, 3.63) is 35.9 Å². The first-order chi connectivity index (χ1) is 10.5. The first-order valence-corrected chi connectivity index (χ1v) is 8.90. The van der Waals surface area contributed by atoms with E-state index in [2.05, 4.69) is 49.3 Å². The molecular weight excluding hydrogens is 270 g/mol. The minimum Gasteiger partial charge on any atom is -0.391 e. The summed E-state index contributed by atoms with van der Waals surface area (Å²) in [6.45, 7) is 0.810. The van der Waals surface area contributed by atoms with Gasteiger partial charge in [-0.3, -0.25) is 0 Å². The standard InChI is InChI=1S/C20H29NO/c1-21(2)13-18(22)20-11-15-8-16(12-20)10-19(9-15,14-20)17-6-4-3-5-7-17/h3-7,15-16,18,22H,8-14H2,1-2H3/t15-,16-,18-,19?,20?/m0/s1. The zero-order valence-electron chi connectivity index (χ0n) is 14.0. The van der Waals surface area contributed by atoms with Gasteiger partial charge in [0.2, 0.25) is 0 Å². The molecule has 4 bridgehead atoms. The highest BCUT2D eigenvalue weighted by atomic mass is 16.3. The second-order valence-electron chi connectivity index (χ2n) is 8.75. The van der Waals surface area contributed by atoms with Crippen molar-refractivity contribution in [2.45, 2.75) is 50.0 Å². The van der Waals surface area contributed by atoms with Gasteiger partial charge in [0, 0.05) is 6.54 Å². The van der Waals surface area contributed by atoms with Crippen LogP contribution in [-0.4, -0.2) is 36.8 Å². The van der Waals surface area contributed by atoms with Crippen molar-refractivity contribution in [2.75, 3.05) is 20.6 Å². The van der Waals surface area contributed by atoms with E-state index in [4.69, 9.17) is 0 Å². The molecule has 0 amide bonds. The molecule has 1 aromatic carbocycles. The van der Waals surface area contributed by atoms with Gasteiger partial charge in [-0.05, 0) is 80.8 Å². The SMILES string of the molecule is CN(C)C[C@H](O)C12C[C@H]3C[C@@H](CC(c4ccccc4)(C3)C1)C2. The van der Waals surface area contributed by atoms with Crippen LogP contribution in [-0.2, 0) is 5.41 Å². The maximum Gasteiger partial charge on any atom is 0.0723 e. The quantitative estimate of drug-likeness (QED) is 0.920. The molecule has 0 aromatic heterocycles. The summed E-state index contributed by atoms with van der Waals surface area (Å²) in [5.74, 6) is 1.66. The lowest BCUT2D eigenvalue weighted by Gasteiger charge is -2.64. The summed E-state index contributed by atoms with van der Waals surface area (Å²) in [5, 5.41) is 11.0. The van der Waals surface area contributed by atoms with Crippen LogP contribution in [0.1, 0.15) is 44.1 Å². The smallest absolute Gasteiger partial charge is 0.0723 e. The van der Waals surface area contributed by atoms with Crippen LogP contribution in [0.15, 0.2) is 30.3 Å². The number of hydrogen-bond donors (Lipinski definition) is 1. The van der Waals surface area contributed by atoms with Crippen molar-refractivity contribution < 1.29 is 5.11 Å². The summed E-state index contributed by atoms with van der Waals surface area (Å²) in [6.07, 6.45) is 7.65. The van der Waals surface area contributed by atoms with Gasteiger partial charge in [-0.2, -0.15) is 0 Å². The largest absolute Gasteiger partial charge is 0.391 e. The molecule has 4 aliphatic carbocycles. The molecule has 22 heavy (non-hydrogen) atoms. The van der Waals surface area contributed by atoms with Crippen LogP contribution < -0.4 is 0 Å². The highest BCUT2D eigenvalue weighted by molar-refractivity contribution is 5.30. The van der Waals surface area contributed by atoms with E-state index in [1.54, 1.807) is 0 Å². The summed E-state index contributed by atoms with van der Waals surface area (Å²) in [7, 11) is 4.16. The molecule has 0 saturated heterocycles. The minimum absolute atomic E-state index is 0.170. The first kappa shape index (κ1) is 14.7. The molecule has 3 atom stereocenters. The number of likely N-dealkylation sites (N-methyl/N-ethyl adjacent to an activating group) is 1. The molecule has 5 rings (SSSR count). The maximum atomic E-state index is 11.0. The van der Waals surface area contributed by atoms with Gasteiger partial charge < -0.3 is 10.0 Å². The fraction of sp³-hybridized carbons (Fsp3) is 0.700. The summed E-state index contributed by atoms with van der Waals surface area (Å²) < 4.78 is 0. The van der Waals surface area contributed by atoms with Crippen molar-refractivity contribution in [1.82, 2.24) is 4.90 Å². The number of hydrogen-bond acceptors (Lipinski definition) is 2. The van der Waals surface area contributed by atoms with E-state index >= 15 is 0 Å². The second-order valence-corrected chi connectivity index (χ2v) is 8.75. The minimum atomic E-state index is -0.170. The molecule has 4 fully saturated rings. The Kier molecular flexibility index (Phi) is 3.39. The van der Waals surface area contributed by atoms with Gasteiger partial charge in [0.05, 0.1) is 6.10 Å². The van der Waals surface area contributed by atoms with E-state index in [0.29, 0.717) is 5.41 Å². The van der Waals surface area contributed by atoms with Gasteiger partial charge in [-0.25, -0.2) is 0 Å². The van der Waals surface area contributed by atoms with Crippen LogP contribution in [0.4, 0.5) is 0 Å². The second kappa shape index (κ2) is 5.07. The molecule has 0 aliphatic heterocycles. The highest BCUT2D eigenvalue weighted by Crippen LogP contribution is 2.66. The molecule has 4 aliphatic rings. The third kappa shape index (κ3) is 2.23. The molecule has 2 heteroatoms. The lowest BCUT2D eigenvalue weighted by molar-refractivity contribution is -0.136. The number of benzene rings is 1. The fourth-order valence-electron chi connectivity index (χ4n) is 6.39. The summed E-state index contributed by atoms with van der Waals surface area (Å²) in [6, 6.07) is 11.2. The monoisotopic (exact) mass is 299 g/mol. The number of aliphatic hydroxyl groups excluding tert-OH is 1. The molecule has 0 heterocycles. The Bertz CT molecular complexity index is 524. The summed E-state index contributed by atoms with van der Waals surface area (Å²) >= 11 is 0. The van der Waals surface area contributed by atoms with Crippen molar-refractivity contribution in [3.8, 4) is 0 Å². The maximum absolute atomic E-state index is 11.0. The average molecular weight is 299 g/mol. The van der Waals surface area contributed by atoms with Gasteiger partial charge >= 0.3 is 0 Å². The number of nitrogens with zero attached hydrogens (tertiary/aromatic N) is 1. The Labute approximate surface area is 134 Å². The van der Waals surface area contributed by atoms with Gasteiger partial charge in [-0.15, -0.1) is 0 Å². The van der Waals surface area contributed by atoms with Crippen LogP contribution in [0, 0.1) is 17.3 Å². The molecule has 0 radical (unpaired) electrons. The molecular formula is C20H29NO. The Hall–Kier alpha value is -0.860. The molecule has 120 valence electrons. The van der Waals surface area contributed by atoms with Crippen LogP contribution >= 0.6 is 0 Å². The first-order valence-electron chi connectivity index (χ1n) is 8.90. The number of rotatable bonds is 4. The van der Waals surface area contributed by atoms with Gasteiger partial charge in [0.1, 0.15) is 0 Å². The van der Waals surface area contributed by atoms with E-state index in [0.717, 1.165) is 18.4 Å². The average Bonchev–Trinajstić information content (AvgIpc) is 2.46. The van der Waals surface area contributed by atoms with Crippen molar-refractivity contribution >= 4 is 0 Å². The zero-order chi connectivity index (χ0) is 15.4. The predicted molar refractivity (Wildman–Crippen MR) is 89.8 cm³/mol. The number of aliphatic hydroxyl groups is 1. The van der Waals surface area contributed by atoms with Crippen molar-refractivity contribution in [3.63, 3.8) is 0 Å². The fourth-order valence-corrected chi connectivity index (χ4v) is 6.39. The Morgan fingerprint density at radius 2 is 1.73 bits per heavy atom. The molecule has 0 unspecified atom stereocenters. The third-order valence-corrected chi connectivity index (χ3v) is 6.74. The Morgan fingerprint density at radius 3 is 2.32 bits per heavy atom. The lowest BCUT2D eigenvalue weighted by atomic mass is 9.42. The topological polar surface area (TPSA) is 23.5 Å². The van der Waals surface area contributed by atoms with E-state index in [1.165, 1.54) is 44.1 Å². The molecule has 2 nitrogen and oxygen atoms in total. The van der Waals surface area contributed by atoms with Gasteiger partial charge in [0.15, 0.2) is 0 Å². The molecule has 1 aromatic rings. The molecule has 1 N–H and O–H groups in total. The van der Waals surface area contributed by atoms with Crippen molar-refractivity contribution in [1.29, 1.82) is 0 Å². The van der Waals surface area contributed by atoms with E-state index in [9.17, 15) is 5.11 Å². The molecule has 4 saturated carbocycles. The van der Waals surface area contributed by atoms with Crippen LogP contribution in [0.2, 0.25) is 0 Å². The Balaban J connectivity index is 1.69. The van der Waals surface area contributed by atoms with Crippen molar-refractivity contribution in [2.24, 2.45) is 17.3 Å². The van der Waals surface area contributed by atoms with E-state index in [1.807, 2.05) is 0 Å². The normalized spacial score (nSPS) is 41.1. The summed E-state index contributed by atoms with van der Waals surface area (Å²) in [5.41, 5.74) is 2.05. The Morgan fingerprint density at radius 1 is 1.09 bits per heavy atom. The zero-order valence-corrected chi connectivity index (χ0v) is 14.0. The lowest BCUT2D eigenvalue weighted by Crippen LogP contribution is -2.59. The molecule has 0 spiro atoms. The third-order valence-electron chi connectivity index (χ3n) is 6.74. The predicted octanol–water partition coefficient (Wildman–Crippen LogP) is 3.45. The van der Waals surface area contributed by atoms with Gasteiger partial charge in [0.25, 0.3) is 0 Å². The van der Waals surface area contributed by atoms with Crippen LogP contribution in [0.3, 0.4) is 0 Å². The highest BCUT2D eigenvalue weighted by Gasteiger charge is 2.60.